The third-order valence-electron chi connectivity index (χ3n) is 5.25. The Hall–Kier alpha value is -4.05. The maximum absolute atomic E-state index is 12.9. The van der Waals surface area contributed by atoms with Crippen LogP contribution in [0.2, 0.25) is 0 Å². The number of aromatic amines is 1. The van der Waals surface area contributed by atoms with E-state index in [1.54, 1.807) is 35.2 Å². The molecule has 0 radical (unpaired) electrons. The molecule has 3 heterocycles. The predicted molar refractivity (Wildman–Crippen MR) is 120 cm³/mol. The van der Waals surface area contributed by atoms with Gasteiger partial charge in [-0.25, -0.2) is 9.97 Å². The second-order valence-corrected chi connectivity index (χ2v) is 8.42. The van der Waals surface area contributed by atoms with E-state index in [0.29, 0.717) is 46.8 Å². The van der Waals surface area contributed by atoms with Crippen molar-refractivity contribution in [2.24, 2.45) is 5.73 Å². The molecule has 160 valence electrons. The van der Waals surface area contributed by atoms with Crippen molar-refractivity contribution in [1.29, 1.82) is 0 Å². The Bertz CT molecular complexity index is 1360. The Kier molecular flexibility index (Phi) is 4.91. The van der Waals surface area contributed by atoms with Gasteiger partial charge >= 0.3 is 0 Å². The van der Waals surface area contributed by atoms with Crippen molar-refractivity contribution in [2.45, 2.75) is 13.0 Å². The van der Waals surface area contributed by atoms with Gasteiger partial charge in [-0.1, -0.05) is 35.6 Å². The molecule has 0 fully saturated rings. The van der Waals surface area contributed by atoms with Crippen LogP contribution in [0.25, 0.3) is 11.0 Å². The number of H-pyrrole nitrogens is 1. The van der Waals surface area contributed by atoms with Gasteiger partial charge in [0.05, 0.1) is 23.3 Å². The topological polar surface area (TPSA) is 134 Å². The van der Waals surface area contributed by atoms with Gasteiger partial charge in [-0.05, 0) is 24.3 Å². The largest absolute Gasteiger partial charge is 0.363 e. The van der Waals surface area contributed by atoms with E-state index in [2.05, 4.69) is 20.3 Å². The van der Waals surface area contributed by atoms with Gasteiger partial charge in [-0.2, -0.15) is 0 Å². The number of nitrogens with zero attached hydrogens (tertiary/aromatic N) is 3. The Labute approximate surface area is 186 Å². The molecule has 0 bridgehead atoms. The fourth-order valence-corrected chi connectivity index (χ4v) is 4.70. The summed E-state index contributed by atoms with van der Waals surface area (Å²) in [5.41, 5.74) is 8.03. The summed E-state index contributed by atoms with van der Waals surface area (Å²) in [6.07, 6.45) is 0.622. The molecule has 0 aliphatic carbocycles. The van der Waals surface area contributed by atoms with Crippen LogP contribution in [0.5, 0.6) is 0 Å². The van der Waals surface area contributed by atoms with E-state index < -0.39 is 5.91 Å². The highest BCUT2D eigenvalue weighted by Gasteiger charge is 2.26. The van der Waals surface area contributed by atoms with E-state index >= 15 is 0 Å². The number of aromatic nitrogens is 3. The first-order chi connectivity index (χ1) is 15.5. The van der Waals surface area contributed by atoms with Crippen molar-refractivity contribution >= 4 is 45.2 Å². The second kappa shape index (κ2) is 7.89. The molecule has 4 aromatic rings. The summed E-state index contributed by atoms with van der Waals surface area (Å²) in [7, 11) is 0. The highest BCUT2D eigenvalue weighted by Crippen LogP contribution is 2.29. The lowest BCUT2D eigenvalue weighted by Crippen LogP contribution is -2.35. The van der Waals surface area contributed by atoms with Crippen LogP contribution in [0.1, 0.15) is 41.9 Å². The average molecular weight is 446 g/mol. The van der Waals surface area contributed by atoms with Crippen LogP contribution in [-0.2, 0) is 13.0 Å². The zero-order valence-electron chi connectivity index (χ0n) is 16.8. The highest BCUT2D eigenvalue weighted by molar-refractivity contribution is 7.15. The Morgan fingerprint density at radius 3 is 2.66 bits per heavy atom. The van der Waals surface area contributed by atoms with Crippen molar-refractivity contribution in [3.8, 4) is 0 Å². The zero-order valence-corrected chi connectivity index (χ0v) is 17.6. The first-order valence-corrected chi connectivity index (χ1v) is 10.7. The van der Waals surface area contributed by atoms with Crippen molar-refractivity contribution in [1.82, 2.24) is 19.9 Å². The maximum Gasteiger partial charge on any atom is 0.284 e. The van der Waals surface area contributed by atoms with Gasteiger partial charge in [0.1, 0.15) is 5.52 Å². The number of hydrogen-bond acceptors (Lipinski definition) is 6. The lowest BCUT2D eigenvalue weighted by atomic mass is 10.1. The molecule has 2 aromatic carbocycles. The predicted octanol–water partition coefficient (Wildman–Crippen LogP) is 2.57. The number of imidazole rings is 1. The smallest absolute Gasteiger partial charge is 0.284 e. The first-order valence-electron chi connectivity index (χ1n) is 9.92. The number of carbonyl (C=O) groups is 3. The molecule has 10 heteroatoms. The van der Waals surface area contributed by atoms with Gasteiger partial charge in [0.15, 0.2) is 11.0 Å². The Morgan fingerprint density at radius 2 is 1.88 bits per heavy atom. The third-order valence-corrected chi connectivity index (χ3v) is 6.25. The Morgan fingerprint density at radius 1 is 1.06 bits per heavy atom. The number of anilines is 1. The molecule has 2 aromatic heterocycles. The summed E-state index contributed by atoms with van der Waals surface area (Å²) < 4.78 is 0. The molecular weight excluding hydrogens is 428 g/mol. The fraction of sp³-hybridized carbons (Fsp3) is 0.136. The molecule has 0 saturated carbocycles. The van der Waals surface area contributed by atoms with E-state index in [0.717, 1.165) is 10.6 Å². The van der Waals surface area contributed by atoms with E-state index in [-0.39, 0.29) is 17.6 Å². The van der Waals surface area contributed by atoms with Crippen LogP contribution in [0.4, 0.5) is 5.13 Å². The van der Waals surface area contributed by atoms with E-state index in [1.807, 2.05) is 18.2 Å². The van der Waals surface area contributed by atoms with Gasteiger partial charge in [0, 0.05) is 23.4 Å². The number of benzene rings is 2. The molecule has 0 unspecified atom stereocenters. The maximum atomic E-state index is 12.9. The van der Waals surface area contributed by atoms with Gasteiger partial charge in [0.2, 0.25) is 0 Å². The van der Waals surface area contributed by atoms with Crippen LogP contribution < -0.4 is 11.1 Å². The summed E-state index contributed by atoms with van der Waals surface area (Å²) in [6, 6.07) is 14.2. The number of primary amides is 1. The van der Waals surface area contributed by atoms with Gasteiger partial charge in [-0.15, -0.1) is 0 Å². The summed E-state index contributed by atoms with van der Waals surface area (Å²) in [6.45, 7) is 1.02. The minimum Gasteiger partial charge on any atom is -0.363 e. The number of para-hydroxylation sites is 1. The quantitative estimate of drug-likeness (QED) is 0.443. The van der Waals surface area contributed by atoms with Crippen molar-refractivity contribution in [2.75, 3.05) is 11.9 Å². The normalized spacial score (nSPS) is 13.1. The summed E-state index contributed by atoms with van der Waals surface area (Å²) in [5, 5.41) is 3.27. The number of nitrogens with two attached hydrogens (primary N) is 1. The lowest BCUT2D eigenvalue weighted by Gasteiger charge is -2.26. The molecule has 0 atom stereocenters. The van der Waals surface area contributed by atoms with E-state index in [9.17, 15) is 14.4 Å². The minimum atomic E-state index is -0.699. The van der Waals surface area contributed by atoms with Gasteiger partial charge in [-0.3, -0.25) is 19.7 Å². The fourth-order valence-electron chi connectivity index (χ4n) is 3.68. The SMILES string of the molecule is NC(=O)c1nc2c(C(=O)Nc3nc4c(s3)CN(C(=O)c3ccccc3)CC4)cccc2[nH]1. The number of fused-ring (bicyclic) bond motifs is 2. The van der Waals surface area contributed by atoms with Crippen LogP contribution in [0.15, 0.2) is 48.5 Å². The van der Waals surface area contributed by atoms with Gasteiger partial charge in [0.25, 0.3) is 17.7 Å². The molecule has 4 N–H and O–H groups in total. The molecule has 5 rings (SSSR count). The number of thiazole rings is 1. The van der Waals surface area contributed by atoms with Crippen LogP contribution in [-0.4, -0.2) is 44.1 Å². The third kappa shape index (κ3) is 3.60. The molecule has 0 spiro atoms. The summed E-state index contributed by atoms with van der Waals surface area (Å²) in [5.74, 6) is -1.12. The molecular formula is C22H18N6O3S. The number of amides is 3. The van der Waals surface area contributed by atoms with Crippen molar-refractivity contribution < 1.29 is 14.4 Å². The molecule has 1 aliphatic rings. The molecule has 3 amide bonds. The first kappa shape index (κ1) is 19.9. The lowest BCUT2D eigenvalue weighted by molar-refractivity contribution is 0.0736. The van der Waals surface area contributed by atoms with E-state index in [4.69, 9.17) is 5.73 Å². The Balaban J connectivity index is 1.35. The van der Waals surface area contributed by atoms with Crippen LogP contribution in [0, 0.1) is 0 Å². The number of rotatable bonds is 4. The molecule has 9 nitrogen and oxygen atoms in total. The summed E-state index contributed by atoms with van der Waals surface area (Å²) >= 11 is 1.35. The number of hydrogen-bond donors (Lipinski definition) is 3. The zero-order chi connectivity index (χ0) is 22.2. The van der Waals surface area contributed by atoms with Crippen LogP contribution in [0.3, 0.4) is 0 Å². The van der Waals surface area contributed by atoms with E-state index in [1.165, 1.54) is 11.3 Å². The average Bonchev–Trinajstić information content (AvgIpc) is 3.42. The monoisotopic (exact) mass is 446 g/mol. The van der Waals surface area contributed by atoms with Crippen LogP contribution >= 0.6 is 11.3 Å². The van der Waals surface area contributed by atoms with Crippen molar-refractivity contribution in [3.05, 3.63) is 76.1 Å². The molecule has 1 aliphatic heterocycles. The van der Waals surface area contributed by atoms with Gasteiger partial charge < -0.3 is 15.6 Å². The standard InChI is InChI=1S/C22H18N6O3S/c23-18(29)19-24-15-8-4-7-13(17(15)26-19)20(30)27-22-25-14-9-10-28(11-16(14)32-22)21(31)12-5-2-1-3-6-12/h1-8H,9-11H2,(H2,23,29)(H,24,26)(H,25,27,30). The van der Waals surface area contributed by atoms with Crippen molar-refractivity contribution in [3.63, 3.8) is 0 Å². The second-order valence-electron chi connectivity index (χ2n) is 7.34. The number of carbonyl (C=O) groups excluding carboxylic acids is 3. The molecule has 32 heavy (non-hydrogen) atoms. The summed E-state index contributed by atoms with van der Waals surface area (Å²) in [4.78, 5) is 51.3. The minimum absolute atomic E-state index is 0.00635. The number of nitrogens with one attached hydrogen (secondary N) is 2. The highest BCUT2D eigenvalue weighted by atomic mass is 32.1. The molecule has 0 saturated heterocycles.